The molecule has 3 nitrogen and oxygen atoms in total. The maximum Gasteiger partial charge on any atom is 0.297 e. The highest BCUT2D eigenvalue weighted by molar-refractivity contribution is 6.09. The second-order valence-electron chi connectivity index (χ2n) is 15.7. The van der Waals surface area contributed by atoms with Crippen molar-refractivity contribution in [2.75, 3.05) is 0 Å². The second-order valence-corrected chi connectivity index (χ2v) is 15.7. The summed E-state index contributed by atoms with van der Waals surface area (Å²) in [5.41, 5.74) is 17.9. The van der Waals surface area contributed by atoms with E-state index in [0.29, 0.717) is 11.8 Å². The molecule has 0 saturated carbocycles. The molecule has 0 atom stereocenters. The fourth-order valence-corrected chi connectivity index (χ4v) is 8.32. The number of hydrogen-bond acceptors (Lipinski definition) is 1. The Morgan fingerprint density at radius 3 is 1.48 bits per heavy atom. The summed E-state index contributed by atoms with van der Waals surface area (Å²) < 4.78 is 11.3. The van der Waals surface area contributed by atoms with Crippen molar-refractivity contribution < 1.29 is 8.98 Å². The smallest absolute Gasteiger partial charge is 0.297 e. The number of rotatable bonds is 8. The van der Waals surface area contributed by atoms with E-state index in [1.165, 1.54) is 66.9 Å². The van der Waals surface area contributed by atoms with Crippen molar-refractivity contribution in [3.8, 4) is 61.6 Å². The molecule has 9 rings (SSSR count). The topological polar surface area (TPSA) is 21.9 Å². The molecule has 0 N–H and O–H groups in total. The summed E-state index contributed by atoms with van der Waals surface area (Å²) in [6.07, 6.45) is 4.40. The van der Waals surface area contributed by atoms with Crippen molar-refractivity contribution in [3.05, 3.63) is 181 Å². The van der Waals surface area contributed by atoms with Crippen LogP contribution in [0.25, 0.3) is 83.5 Å². The number of para-hydroxylation sites is 1. The van der Waals surface area contributed by atoms with Gasteiger partial charge in [-0.25, -0.2) is 4.57 Å². The normalized spacial score (nSPS) is 11.7. The van der Waals surface area contributed by atoms with E-state index in [1.807, 2.05) is 6.07 Å². The maximum absolute atomic E-state index is 6.63. The van der Waals surface area contributed by atoms with Crippen molar-refractivity contribution in [2.45, 2.75) is 46.5 Å². The van der Waals surface area contributed by atoms with Crippen molar-refractivity contribution in [1.82, 2.24) is 4.57 Å². The van der Waals surface area contributed by atoms with E-state index >= 15 is 0 Å². The highest BCUT2D eigenvalue weighted by atomic mass is 16.3. The third-order valence-electron chi connectivity index (χ3n) is 11.4. The first-order valence-corrected chi connectivity index (χ1v) is 19.8. The van der Waals surface area contributed by atoms with Crippen LogP contribution in [-0.2, 0) is 7.05 Å². The van der Waals surface area contributed by atoms with Crippen molar-refractivity contribution in [1.29, 1.82) is 0 Å². The maximum atomic E-state index is 6.63. The fraction of sp³-hybridized carbons (Fsp3) is 0.151. The highest BCUT2D eigenvalue weighted by Crippen LogP contribution is 2.41. The molecular weight excluding hydrogens is 681 g/mol. The first-order chi connectivity index (χ1) is 27.2. The van der Waals surface area contributed by atoms with E-state index in [4.69, 9.17) is 4.42 Å². The summed E-state index contributed by atoms with van der Waals surface area (Å²) in [4.78, 5) is 0. The number of hydrogen-bond donors (Lipinski definition) is 0. The predicted molar refractivity (Wildman–Crippen MR) is 234 cm³/mol. The largest absolute Gasteiger partial charge is 0.455 e. The standard InChI is InChI=1S/C53H47N2O/c1-34(2)47-32-44(43-27-25-42(26-28-43)41-23-21-40(22-24-41)39-19-17-38(18-20-39)37-12-8-7-9-13-37)33-48(35(3)4)51(47)55-31-30-54(6)53(55)50-36(5)16-29-46-45-14-10-11-15-49(45)56-52(46)50/h7-35H,1-6H3/q+1. The SMILES string of the molecule is Cc1ccc2c(oc3ccccc32)c1-c1n(-c2c(C(C)C)cc(-c3ccc(-c4ccc(-c5ccc(-c6ccccc6)cc5)cc4)cc3)cc2C(C)C)cc[n+]1C. The summed E-state index contributed by atoms with van der Waals surface area (Å²) in [6, 6.07) is 55.0. The van der Waals surface area contributed by atoms with Gasteiger partial charge in [0.25, 0.3) is 5.82 Å². The van der Waals surface area contributed by atoms with Gasteiger partial charge in [0.1, 0.15) is 29.2 Å². The Hall–Kier alpha value is -6.45. The summed E-state index contributed by atoms with van der Waals surface area (Å²) >= 11 is 0. The molecule has 0 aliphatic carbocycles. The van der Waals surface area contributed by atoms with Gasteiger partial charge in [0.2, 0.25) is 0 Å². The summed E-state index contributed by atoms with van der Waals surface area (Å²) in [7, 11) is 2.14. The fourth-order valence-electron chi connectivity index (χ4n) is 8.32. The minimum absolute atomic E-state index is 0.304. The van der Waals surface area contributed by atoms with Gasteiger partial charge >= 0.3 is 0 Å². The molecule has 0 radical (unpaired) electrons. The number of aromatic nitrogens is 2. The van der Waals surface area contributed by atoms with Gasteiger partial charge in [-0.05, 0) is 87.0 Å². The molecule has 0 unspecified atom stereocenters. The minimum atomic E-state index is 0.304. The molecule has 0 bridgehead atoms. The lowest BCUT2D eigenvalue weighted by Crippen LogP contribution is -2.29. The average Bonchev–Trinajstić information content (AvgIpc) is 3.80. The zero-order valence-electron chi connectivity index (χ0n) is 33.0. The number of imidazole rings is 1. The van der Waals surface area contributed by atoms with Gasteiger partial charge in [-0.3, -0.25) is 0 Å². The van der Waals surface area contributed by atoms with Gasteiger partial charge in [0.05, 0.1) is 7.05 Å². The van der Waals surface area contributed by atoms with Gasteiger partial charge in [0, 0.05) is 21.9 Å². The Balaban J connectivity index is 1.06. The third-order valence-corrected chi connectivity index (χ3v) is 11.4. The Labute approximate surface area is 330 Å². The summed E-state index contributed by atoms with van der Waals surface area (Å²) in [6.45, 7) is 11.4. The van der Waals surface area contributed by atoms with Crippen molar-refractivity contribution in [3.63, 3.8) is 0 Å². The summed E-state index contributed by atoms with van der Waals surface area (Å²) in [5.74, 6) is 1.72. The van der Waals surface area contributed by atoms with Crippen LogP contribution < -0.4 is 4.57 Å². The number of nitrogens with zero attached hydrogens (tertiary/aromatic N) is 2. The van der Waals surface area contributed by atoms with E-state index in [0.717, 1.165) is 33.3 Å². The third kappa shape index (κ3) is 6.24. The first kappa shape index (κ1) is 35.3. The molecule has 2 heterocycles. The second kappa shape index (κ2) is 14.3. The molecule has 9 aromatic rings. The number of fused-ring (bicyclic) bond motifs is 3. The van der Waals surface area contributed by atoms with Gasteiger partial charge < -0.3 is 4.42 Å². The molecular formula is C53H47N2O+. The zero-order chi connectivity index (χ0) is 38.5. The molecule has 274 valence electrons. The lowest BCUT2D eigenvalue weighted by molar-refractivity contribution is -0.659. The lowest BCUT2D eigenvalue weighted by Gasteiger charge is -2.20. The first-order valence-electron chi connectivity index (χ1n) is 19.8. The van der Waals surface area contributed by atoms with Crippen molar-refractivity contribution in [2.24, 2.45) is 7.05 Å². The predicted octanol–water partition coefficient (Wildman–Crippen LogP) is 14.1. The molecule has 7 aromatic carbocycles. The Morgan fingerprint density at radius 2 is 0.964 bits per heavy atom. The summed E-state index contributed by atoms with van der Waals surface area (Å²) in [5, 5.41) is 2.29. The molecule has 0 amide bonds. The van der Waals surface area contributed by atoms with Crippen LogP contribution >= 0.6 is 0 Å². The Bertz CT molecular complexity index is 2810. The van der Waals surface area contributed by atoms with Crippen LogP contribution in [0.1, 0.15) is 56.2 Å². The van der Waals surface area contributed by atoms with E-state index in [1.54, 1.807) is 0 Å². The van der Waals surface area contributed by atoms with Crippen LogP contribution in [0.2, 0.25) is 0 Å². The molecule has 3 heteroatoms. The van der Waals surface area contributed by atoms with Crippen LogP contribution in [0.5, 0.6) is 0 Å². The molecule has 0 spiro atoms. The van der Waals surface area contributed by atoms with E-state index in [2.05, 4.69) is 209 Å². The van der Waals surface area contributed by atoms with Gasteiger partial charge in [-0.15, -0.1) is 0 Å². The number of benzene rings is 7. The lowest BCUT2D eigenvalue weighted by atomic mass is 9.87. The molecule has 0 aliphatic heterocycles. The van der Waals surface area contributed by atoms with Crippen LogP contribution in [-0.4, -0.2) is 4.57 Å². The zero-order valence-corrected chi connectivity index (χ0v) is 33.0. The molecule has 0 fully saturated rings. The van der Waals surface area contributed by atoms with E-state index < -0.39 is 0 Å². The van der Waals surface area contributed by atoms with Crippen molar-refractivity contribution >= 4 is 21.9 Å². The van der Waals surface area contributed by atoms with E-state index in [-0.39, 0.29) is 0 Å². The van der Waals surface area contributed by atoms with Gasteiger partial charge in [0.15, 0.2) is 5.58 Å². The monoisotopic (exact) mass is 727 g/mol. The Kier molecular flexibility index (Phi) is 9.02. The highest BCUT2D eigenvalue weighted by Gasteiger charge is 2.30. The number of furan rings is 1. The van der Waals surface area contributed by atoms with Gasteiger partial charge in [-0.2, -0.15) is 4.57 Å². The average molecular weight is 728 g/mol. The van der Waals surface area contributed by atoms with Crippen LogP contribution in [0, 0.1) is 6.92 Å². The van der Waals surface area contributed by atoms with Crippen LogP contribution in [0.15, 0.2) is 168 Å². The quantitative estimate of drug-likeness (QED) is 0.143. The molecule has 56 heavy (non-hydrogen) atoms. The van der Waals surface area contributed by atoms with Crippen LogP contribution in [0.3, 0.4) is 0 Å². The van der Waals surface area contributed by atoms with Crippen LogP contribution in [0.4, 0.5) is 0 Å². The molecule has 2 aromatic heterocycles. The number of aryl methyl sites for hydroxylation is 2. The molecule has 0 saturated heterocycles. The minimum Gasteiger partial charge on any atom is -0.455 e. The molecule has 0 aliphatic rings. The van der Waals surface area contributed by atoms with Gasteiger partial charge in [-0.1, -0.05) is 161 Å². The van der Waals surface area contributed by atoms with E-state index in [9.17, 15) is 0 Å². The Morgan fingerprint density at radius 1 is 0.500 bits per heavy atom.